The molecule has 0 bridgehead atoms. The number of rotatable bonds is 5. The van der Waals surface area contributed by atoms with Crippen molar-refractivity contribution < 1.29 is 14.3 Å². The van der Waals surface area contributed by atoms with Crippen LogP contribution in [0.1, 0.15) is 12.5 Å². The summed E-state index contributed by atoms with van der Waals surface area (Å²) in [6.07, 6.45) is 3.17. The summed E-state index contributed by atoms with van der Waals surface area (Å²) in [6, 6.07) is 14.3. The number of benzene rings is 2. The molecule has 0 aliphatic carbocycles. The first kappa shape index (κ1) is 16.3. The SMILES string of the molecule is COc1ccc(/C=C\C(=O)Nc2cccc(NC(C)=O)c2)cc1. The van der Waals surface area contributed by atoms with E-state index in [0.29, 0.717) is 11.4 Å². The minimum Gasteiger partial charge on any atom is -0.497 e. The number of hydrogen-bond donors (Lipinski definition) is 2. The maximum atomic E-state index is 11.9. The Kier molecular flexibility index (Phi) is 5.52. The van der Waals surface area contributed by atoms with Gasteiger partial charge >= 0.3 is 0 Å². The molecule has 2 aromatic carbocycles. The van der Waals surface area contributed by atoms with Crippen LogP contribution < -0.4 is 15.4 Å². The van der Waals surface area contributed by atoms with Crippen molar-refractivity contribution in [3.63, 3.8) is 0 Å². The van der Waals surface area contributed by atoms with Gasteiger partial charge in [-0.05, 0) is 42.0 Å². The zero-order chi connectivity index (χ0) is 16.7. The van der Waals surface area contributed by atoms with E-state index in [-0.39, 0.29) is 11.8 Å². The van der Waals surface area contributed by atoms with E-state index in [1.165, 1.54) is 13.0 Å². The first-order chi connectivity index (χ1) is 11.1. The van der Waals surface area contributed by atoms with Crippen LogP contribution in [-0.4, -0.2) is 18.9 Å². The lowest BCUT2D eigenvalue weighted by atomic mass is 10.2. The van der Waals surface area contributed by atoms with Crippen LogP contribution in [-0.2, 0) is 9.59 Å². The van der Waals surface area contributed by atoms with Gasteiger partial charge in [-0.1, -0.05) is 18.2 Å². The molecule has 5 nitrogen and oxygen atoms in total. The van der Waals surface area contributed by atoms with Crippen LogP contribution in [0.4, 0.5) is 11.4 Å². The molecule has 0 radical (unpaired) electrons. The molecule has 2 aromatic rings. The third kappa shape index (κ3) is 5.32. The summed E-state index contributed by atoms with van der Waals surface area (Å²) in [7, 11) is 1.60. The van der Waals surface area contributed by atoms with Crippen molar-refractivity contribution >= 4 is 29.3 Å². The molecule has 0 aromatic heterocycles. The van der Waals surface area contributed by atoms with E-state index in [1.54, 1.807) is 37.5 Å². The zero-order valence-electron chi connectivity index (χ0n) is 13.0. The number of hydrogen-bond acceptors (Lipinski definition) is 3. The average molecular weight is 310 g/mol. The van der Waals surface area contributed by atoms with Crippen molar-refractivity contribution in [3.05, 3.63) is 60.2 Å². The highest BCUT2D eigenvalue weighted by atomic mass is 16.5. The average Bonchev–Trinajstić information content (AvgIpc) is 2.53. The Balaban J connectivity index is 1.98. The van der Waals surface area contributed by atoms with Gasteiger partial charge in [0.1, 0.15) is 5.75 Å². The van der Waals surface area contributed by atoms with E-state index in [9.17, 15) is 9.59 Å². The van der Waals surface area contributed by atoms with Crippen molar-refractivity contribution in [2.75, 3.05) is 17.7 Å². The smallest absolute Gasteiger partial charge is 0.248 e. The molecule has 0 aliphatic heterocycles. The molecule has 0 atom stereocenters. The van der Waals surface area contributed by atoms with Gasteiger partial charge in [-0.2, -0.15) is 0 Å². The van der Waals surface area contributed by atoms with Gasteiger partial charge in [0.15, 0.2) is 0 Å². The van der Waals surface area contributed by atoms with Gasteiger partial charge < -0.3 is 15.4 Å². The molecule has 0 heterocycles. The predicted octanol–water partition coefficient (Wildman–Crippen LogP) is 3.31. The fraction of sp³-hybridized carbons (Fsp3) is 0.111. The maximum absolute atomic E-state index is 11.9. The highest BCUT2D eigenvalue weighted by Crippen LogP contribution is 2.15. The fourth-order valence-corrected chi connectivity index (χ4v) is 1.95. The normalized spacial score (nSPS) is 10.3. The second-order valence-electron chi connectivity index (χ2n) is 4.86. The van der Waals surface area contributed by atoms with Crippen LogP contribution in [0, 0.1) is 0 Å². The van der Waals surface area contributed by atoms with Crippen LogP contribution in [0.25, 0.3) is 6.08 Å². The Hall–Kier alpha value is -3.08. The number of nitrogens with one attached hydrogen (secondary N) is 2. The van der Waals surface area contributed by atoms with E-state index in [4.69, 9.17) is 4.74 Å². The zero-order valence-corrected chi connectivity index (χ0v) is 13.0. The summed E-state index contributed by atoms with van der Waals surface area (Å²) in [5.74, 6) is 0.357. The lowest BCUT2D eigenvalue weighted by molar-refractivity contribution is -0.114. The van der Waals surface area contributed by atoms with Crippen LogP contribution >= 0.6 is 0 Å². The minimum absolute atomic E-state index is 0.159. The monoisotopic (exact) mass is 310 g/mol. The van der Waals surface area contributed by atoms with Crippen LogP contribution in [0.3, 0.4) is 0 Å². The van der Waals surface area contributed by atoms with Crippen LogP contribution in [0.15, 0.2) is 54.6 Å². The summed E-state index contributed by atoms with van der Waals surface area (Å²) < 4.78 is 5.08. The van der Waals surface area contributed by atoms with Gasteiger partial charge in [-0.15, -0.1) is 0 Å². The lowest BCUT2D eigenvalue weighted by Crippen LogP contribution is -2.09. The maximum Gasteiger partial charge on any atom is 0.248 e. The summed E-state index contributed by atoms with van der Waals surface area (Å²) in [5, 5.41) is 5.41. The highest BCUT2D eigenvalue weighted by Gasteiger charge is 2.01. The van der Waals surface area contributed by atoms with E-state index >= 15 is 0 Å². The lowest BCUT2D eigenvalue weighted by Gasteiger charge is -2.06. The molecule has 23 heavy (non-hydrogen) atoms. The third-order valence-corrected chi connectivity index (χ3v) is 2.99. The van der Waals surface area contributed by atoms with Crippen molar-refractivity contribution in [1.29, 1.82) is 0 Å². The Morgan fingerprint density at radius 1 is 1.00 bits per heavy atom. The number of ether oxygens (including phenoxy) is 1. The molecule has 2 amide bonds. The standard InChI is InChI=1S/C18H18N2O3/c1-13(21)19-15-4-3-5-16(12-15)20-18(22)11-8-14-6-9-17(23-2)10-7-14/h3-12H,1-2H3,(H,19,21)(H,20,22)/b11-8-. The predicted molar refractivity (Wildman–Crippen MR) is 91.4 cm³/mol. The molecule has 0 saturated heterocycles. The number of amides is 2. The molecule has 0 saturated carbocycles. The molecule has 0 aliphatic rings. The number of carbonyl (C=O) groups excluding carboxylic acids is 2. The molecular weight excluding hydrogens is 292 g/mol. The highest BCUT2D eigenvalue weighted by molar-refractivity contribution is 6.02. The molecule has 0 spiro atoms. The number of anilines is 2. The Morgan fingerprint density at radius 2 is 1.65 bits per heavy atom. The molecular formula is C18H18N2O3. The van der Waals surface area contributed by atoms with Crippen molar-refractivity contribution in [2.45, 2.75) is 6.92 Å². The van der Waals surface area contributed by atoms with E-state index in [1.807, 2.05) is 24.3 Å². The van der Waals surface area contributed by atoms with Gasteiger partial charge in [0.05, 0.1) is 7.11 Å². The Labute approximate surface area is 135 Å². The molecule has 118 valence electrons. The second-order valence-corrected chi connectivity index (χ2v) is 4.86. The number of methoxy groups -OCH3 is 1. The van der Waals surface area contributed by atoms with Gasteiger partial charge in [0, 0.05) is 24.4 Å². The topological polar surface area (TPSA) is 67.4 Å². The quantitative estimate of drug-likeness (QED) is 0.833. The fourth-order valence-electron chi connectivity index (χ4n) is 1.95. The van der Waals surface area contributed by atoms with Crippen molar-refractivity contribution in [2.24, 2.45) is 0 Å². The van der Waals surface area contributed by atoms with Gasteiger partial charge in [0.25, 0.3) is 0 Å². The molecule has 2 rings (SSSR count). The summed E-state index contributed by atoms with van der Waals surface area (Å²) in [6.45, 7) is 1.43. The first-order valence-corrected chi connectivity index (χ1v) is 7.07. The Bertz CT molecular complexity index is 721. The first-order valence-electron chi connectivity index (χ1n) is 7.07. The summed E-state index contributed by atoms with van der Waals surface area (Å²) >= 11 is 0. The summed E-state index contributed by atoms with van der Waals surface area (Å²) in [4.78, 5) is 23.0. The minimum atomic E-state index is -0.249. The van der Waals surface area contributed by atoms with Crippen molar-refractivity contribution in [3.8, 4) is 5.75 Å². The van der Waals surface area contributed by atoms with Gasteiger partial charge in [-0.3, -0.25) is 9.59 Å². The van der Waals surface area contributed by atoms with Gasteiger partial charge in [0.2, 0.25) is 11.8 Å². The van der Waals surface area contributed by atoms with Crippen LogP contribution in [0.5, 0.6) is 5.75 Å². The van der Waals surface area contributed by atoms with Crippen molar-refractivity contribution in [1.82, 2.24) is 0 Å². The largest absolute Gasteiger partial charge is 0.497 e. The van der Waals surface area contributed by atoms with E-state index in [0.717, 1.165) is 11.3 Å². The molecule has 0 fully saturated rings. The molecule has 0 unspecified atom stereocenters. The van der Waals surface area contributed by atoms with E-state index in [2.05, 4.69) is 10.6 Å². The number of carbonyl (C=O) groups is 2. The van der Waals surface area contributed by atoms with E-state index < -0.39 is 0 Å². The van der Waals surface area contributed by atoms with Crippen LogP contribution in [0.2, 0.25) is 0 Å². The third-order valence-electron chi connectivity index (χ3n) is 2.99. The van der Waals surface area contributed by atoms with Gasteiger partial charge in [-0.25, -0.2) is 0 Å². The Morgan fingerprint density at radius 3 is 2.26 bits per heavy atom. The summed E-state index contributed by atoms with van der Waals surface area (Å²) in [5.41, 5.74) is 2.14. The second kappa shape index (κ2) is 7.79. The molecule has 5 heteroatoms. The molecule has 2 N–H and O–H groups in total.